The Balaban J connectivity index is 5.19. The second-order valence-electron chi connectivity index (χ2n) is 3.41. The predicted molar refractivity (Wildman–Crippen MR) is 65.4 cm³/mol. The third-order valence-electron chi connectivity index (χ3n) is 1.83. The van der Waals surface area contributed by atoms with Gasteiger partial charge in [0.25, 0.3) is 10.0 Å². The highest BCUT2D eigenvalue weighted by Crippen LogP contribution is 2.01. The molecular formula is C9H19N3O4S. The van der Waals surface area contributed by atoms with Crippen molar-refractivity contribution in [2.24, 2.45) is 4.40 Å². The first kappa shape index (κ1) is 15.7. The highest BCUT2D eigenvalue weighted by molar-refractivity contribution is 7.90. The number of hydrogen-bond acceptors (Lipinski definition) is 4. The summed E-state index contributed by atoms with van der Waals surface area (Å²) in [6.07, 6.45) is -0.647. The van der Waals surface area contributed by atoms with Gasteiger partial charge in [0.2, 0.25) is 5.96 Å². The van der Waals surface area contributed by atoms with E-state index in [-0.39, 0.29) is 18.3 Å². The second-order valence-corrected chi connectivity index (χ2v) is 5.34. The number of ether oxygens (including phenoxy) is 1. The molecule has 0 aromatic heterocycles. The van der Waals surface area contributed by atoms with Crippen molar-refractivity contribution in [2.75, 3.05) is 33.5 Å². The Morgan fingerprint density at radius 2 is 1.76 bits per heavy atom. The molecule has 0 rings (SSSR count). The highest BCUT2D eigenvalue weighted by Gasteiger charge is 2.20. The van der Waals surface area contributed by atoms with Gasteiger partial charge in [-0.3, -0.25) is 0 Å². The SMILES string of the molecule is CCOC(=O)N(C)/C(=N/S(=O)(=O)CC)N(C)C. The molecule has 0 heterocycles. The van der Waals surface area contributed by atoms with Crippen LogP contribution in [-0.2, 0) is 14.8 Å². The van der Waals surface area contributed by atoms with Crippen LogP contribution in [0.1, 0.15) is 13.8 Å². The summed E-state index contributed by atoms with van der Waals surface area (Å²) < 4.78 is 31.1. The van der Waals surface area contributed by atoms with Gasteiger partial charge >= 0.3 is 6.09 Å². The lowest BCUT2D eigenvalue weighted by atomic mass is 10.7. The Hall–Kier alpha value is -1.31. The molecule has 0 aliphatic rings. The summed E-state index contributed by atoms with van der Waals surface area (Å²) in [6.45, 7) is 3.36. The van der Waals surface area contributed by atoms with Crippen molar-refractivity contribution < 1.29 is 17.9 Å². The molecule has 0 bridgehead atoms. The molecule has 0 saturated carbocycles. The Kier molecular flexibility index (Phi) is 5.94. The molecule has 17 heavy (non-hydrogen) atoms. The van der Waals surface area contributed by atoms with Crippen molar-refractivity contribution in [2.45, 2.75) is 13.8 Å². The number of carbonyl (C=O) groups is 1. The minimum Gasteiger partial charge on any atom is -0.449 e. The normalized spacial score (nSPS) is 12.2. The summed E-state index contributed by atoms with van der Waals surface area (Å²) >= 11 is 0. The van der Waals surface area contributed by atoms with E-state index in [1.54, 1.807) is 21.0 Å². The summed E-state index contributed by atoms with van der Waals surface area (Å²) in [5, 5.41) is 0. The summed E-state index contributed by atoms with van der Waals surface area (Å²) in [6, 6.07) is 0. The zero-order valence-electron chi connectivity index (χ0n) is 10.8. The maximum absolute atomic E-state index is 11.5. The van der Waals surface area contributed by atoms with Gasteiger partial charge in [0, 0.05) is 21.1 Å². The molecule has 0 fully saturated rings. The van der Waals surface area contributed by atoms with Gasteiger partial charge in [-0.1, -0.05) is 0 Å². The molecule has 1 amide bonds. The summed E-state index contributed by atoms with van der Waals surface area (Å²) in [5.41, 5.74) is 0. The van der Waals surface area contributed by atoms with Gasteiger partial charge in [0.1, 0.15) is 0 Å². The number of sulfonamides is 1. The maximum atomic E-state index is 11.5. The number of guanidine groups is 1. The van der Waals surface area contributed by atoms with Crippen molar-refractivity contribution in [1.82, 2.24) is 9.80 Å². The minimum atomic E-state index is -3.56. The molecule has 0 aromatic rings. The zero-order valence-corrected chi connectivity index (χ0v) is 11.6. The molecule has 0 unspecified atom stereocenters. The number of amides is 1. The fraction of sp³-hybridized carbons (Fsp3) is 0.778. The van der Waals surface area contributed by atoms with E-state index in [2.05, 4.69) is 4.40 Å². The van der Waals surface area contributed by atoms with Crippen LogP contribution in [0.5, 0.6) is 0 Å². The summed E-state index contributed by atoms with van der Waals surface area (Å²) in [4.78, 5) is 14.0. The third kappa shape index (κ3) is 5.03. The van der Waals surface area contributed by atoms with Crippen LogP contribution in [0.4, 0.5) is 4.79 Å². The van der Waals surface area contributed by atoms with Crippen molar-refractivity contribution in [3.05, 3.63) is 0 Å². The average Bonchev–Trinajstić information content (AvgIpc) is 2.25. The molecule has 0 radical (unpaired) electrons. The number of nitrogens with zero attached hydrogens (tertiary/aromatic N) is 3. The topological polar surface area (TPSA) is 79.3 Å². The quantitative estimate of drug-likeness (QED) is 0.543. The first-order chi connectivity index (χ1) is 7.75. The standard InChI is InChI=1S/C9H19N3O4S/c1-6-16-9(13)12(5)8(11(3)4)10-17(14,15)7-2/h6-7H2,1-5H3/b10-8+. The second kappa shape index (κ2) is 6.43. The number of rotatable bonds is 3. The molecule has 0 spiro atoms. The predicted octanol–water partition coefficient (Wildman–Crippen LogP) is 0.342. The number of carbonyl (C=O) groups excluding carboxylic acids is 1. The first-order valence-corrected chi connectivity index (χ1v) is 6.76. The van der Waals surface area contributed by atoms with Gasteiger partial charge in [-0.2, -0.15) is 0 Å². The molecule has 0 aliphatic heterocycles. The minimum absolute atomic E-state index is 0.0188. The monoisotopic (exact) mass is 265 g/mol. The molecule has 0 aromatic carbocycles. The van der Waals surface area contributed by atoms with E-state index in [1.807, 2.05) is 0 Å². The molecular weight excluding hydrogens is 246 g/mol. The van der Waals surface area contributed by atoms with E-state index in [9.17, 15) is 13.2 Å². The van der Waals surface area contributed by atoms with Crippen LogP contribution in [0.3, 0.4) is 0 Å². The van der Waals surface area contributed by atoms with Crippen LogP contribution in [0.2, 0.25) is 0 Å². The van der Waals surface area contributed by atoms with Crippen LogP contribution >= 0.6 is 0 Å². The Bertz CT molecular complexity index is 389. The van der Waals surface area contributed by atoms with E-state index < -0.39 is 16.1 Å². The number of hydrogen-bond donors (Lipinski definition) is 0. The van der Waals surface area contributed by atoms with Crippen molar-refractivity contribution in [3.8, 4) is 0 Å². The van der Waals surface area contributed by atoms with Crippen molar-refractivity contribution in [1.29, 1.82) is 0 Å². The molecule has 100 valence electrons. The summed E-state index contributed by atoms with van der Waals surface area (Å²) in [5.74, 6) is -0.105. The van der Waals surface area contributed by atoms with E-state index in [0.717, 1.165) is 4.90 Å². The fourth-order valence-electron chi connectivity index (χ4n) is 0.934. The van der Waals surface area contributed by atoms with Gasteiger partial charge in [-0.05, 0) is 13.8 Å². The lowest BCUT2D eigenvalue weighted by Crippen LogP contribution is -2.42. The lowest BCUT2D eigenvalue weighted by molar-refractivity contribution is 0.131. The van der Waals surface area contributed by atoms with E-state index in [4.69, 9.17) is 4.74 Å². The van der Waals surface area contributed by atoms with Crippen LogP contribution in [-0.4, -0.2) is 63.8 Å². The largest absolute Gasteiger partial charge is 0.449 e. The van der Waals surface area contributed by atoms with E-state index >= 15 is 0 Å². The molecule has 0 atom stereocenters. The van der Waals surface area contributed by atoms with Gasteiger partial charge in [0.05, 0.1) is 12.4 Å². The van der Waals surface area contributed by atoms with Crippen LogP contribution < -0.4 is 0 Å². The van der Waals surface area contributed by atoms with E-state index in [0.29, 0.717) is 0 Å². The third-order valence-corrected chi connectivity index (χ3v) is 3.00. The van der Waals surface area contributed by atoms with Gasteiger partial charge in [-0.25, -0.2) is 18.1 Å². The summed E-state index contributed by atoms with van der Waals surface area (Å²) in [7, 11) is 1.04. The first-order valence-electron chi connectivity index (χ1n) is 5.15. The van der Waals surface area contributed by atoms with Crippen LogP contribution in [0.15, 0.2) is 4.40 Å². The molecule has 8 heteroatoms. The van der Waals surface area contributed by atoms with Crippen LogP contribution in [0.25, 0.3) is 0 Å². The molecule has 7 nitrogen and oxygen atoms in total. The Morgan fingerprint density at radius 1 is 1.24 bits per heavy atom. The highest BCUT2D eigenvalue weighted by atomic mass is 32.2. The molecule has 0 saturated heterocycles. The van der Waals surface area contributed by atoms with Crippen LogP contribution in [0, 0.1) is 0 Å². The average molecular weight is 265 g/mol. The molecule has 0 N–H and O–H groups in total. The molecule has 0 aliphatic carbocycles. The van der Waals surface area contributed by atoms with Gasteiger partial charge < -0.3 is 9.64 Å². The Morgan fingerprint density at radius 3 is 2.12 bits per heavy atom. The van der Waals surface area contributed by atoms with E-state index in [1.165, 1.54) is 18.9 Å². The van der Waals surface area contributed by atoms with Crippen molar-refractivity contribution >= 4 is 22.1 Å². The smallest absolute Gasteiger partial charge is 0.416 e. The fourth-order valence-corrected chi connectivity index (χ4v) is 1.60. The lowest BCUT2D eigenvalue weighted by Gasteiger charge is -2.23. The van der Waals surface area contributed by atoms with Crippen molar-refractivity contribution in [3.63, 3.8) is 0 Å². The Labute approximate surface area is 102 Å². The van der Waals surface area contributed by atoms with Gasteiger partial charge in [-0.15, -0.1) is 4.40 Å². The maximum Gasteiger partial charge on any atom is 0.416 e. The zero-order chi connectivity index (χ0) is 13.6. The van der Waals surface area contributed by atoms with Gasteiger partial charge in [0.15, 0.2) is 0 Å².